The Balaban J connectivity index is 1.26. The maximum absolute atomic E-state index is 11.5. The van der Waals surface area contributed by atoms with Crippen molar-refractivity contribution in [2.45, 2.75) is 44.6 Å². The van der Waals surface area contributed by atoms with Crippen molar-refractivity contribution in [2.24, 2.45) is 0 Å². The molecule has 1 aliphatic heterocycles. The van der Waals surface area contributed by atoms with Gasteiger partial charge in [0.2, 0.25) is 5.91 Å². The number of carbonyl (C=O) groups is 2. The SMILES string of the molecule is COc1cc(-c2cccc(-c3c(Cl)ccc4c3cnn4Cc3cc(OC)c(CN[C@@H](CO)C(=O)O)cc3Cl)c2Cl)ccc1CNC[C@@H]1CCC(=O)N1. The summed E-state index contributed by atoms with van der Waals surface area (Å²) in [5, 5.41) is 34.8. The summed E-state index contributed by atoms with van der Waals surface area (Å²) in [5.74, 6) is 0.168. The number of carboxylic acid groups (broad SMARTS) is 1. The van der Waals surface area contributed by atoms with Crippen molar-refractivity contribution in [3.63, 3.8) is 0 Å². The Kier molecular flexibility index (Phi) is 11.9. The van der Waals surface area contributed by atoms with Gasteiger partial charge in [-0.15, -0.1) is 0 Å². The van der Waals surface area contributed by atoms with Gasteiger partial charge in [-0.2, -0.15) is 5.10 Å². The molecule has 1 fully saturated rings. The van der Waals surface area contributed by atoms with Crippen LogP contribution in [0.15, 0.2) is 66.9 Å². The number of aliphatic hydroxyl groups is 1. The second-order valence-electron chi connectivity index (χ2n) is 12.5. The Morgan fingerprint density at radius 3 is 2.46 bits per heavy atom. The number of hydrogen-bond acceptors (Lipinski definition) is 8. The van der Waals surface area contributed by atoms with Crippen LogP contribution in [0.25, 0.3) is 33.2 Å². The number of amides is 1. The van der Waals surface area contributed by atoms with Gasteiger partial charge < -0.3 is 30.3 Å². The van der Waals surface area contributed by atoms with Crippen LogP contribution < -0.4 is 25.4 Å². The van der Waals surface area contributed by atoms with Crippen LogP contribution in [0.1, 0.15) is 29.5 Å². The van der Waals surface area contributed by atoms with Crippen LogP contribution in [0.2, 0.25) is 15.1 Å². The van der Waals surface area contributed by atoms with Crippen LogP contribution in [-0.4, -0.2) is 71.3 Å². The van der Waals surface area contributed by atoms with Crippen LogP contribution in [0, 0.1) is 0 Å². The number of benzene rings is 4. The average molecular weight is 767 g/mol. The second-order valence-corrected chi connectivity index (χ2v) is 13.7. The third-order valence-corrected chi connectivity index (χ3v) is 10.3. The minimum atomic E-state index is -1.16. The number of ether oxygens (including phenoxy) is 2. The topological polar surface area (TPSA) is 147 Å². The number of halogens is 3. The first-order valence-corrected chi connectivity index (χ1v) is 17.8. The fraction of sp³-hybridized carbons (Fsp3) is 0.289. The van der Waals surface area contributed by atoms with Crippen molar-refractivity contribution in [3.8, 4) is 33.8 Å². The van der Waals surface area contributed by atoms with Crippen molar-refractivity contribution < 1.29 is 29.3 Å². The molecule has 0 aliphatic carbocycles. The van der Waals surface area contributed by atoms with E-state index in [0.717, 1.165) is 56.5 Å². The fourth-order valence-corrected chi connectivity index (χ4v) is 7.30. The van der Waals surface area contributed by atoms with Crippen LogP contribution >= 0.6 is 34.8 Å². The summed E-state index contributed by atoms with van der Waals surface area (Å²) in [6, 6.07) is 18.1. The molecule has 11 nitrogen and oxygen atoms in total. The number of fused-ring (bicyclic) bond motifs is 1. The van der Waals surface area contributed by atoms with E-state index in [1.54, 1.807) is 25.4 Å². The maximum Gasteiger partial charge on any atom is 0.323 e. The zero-order valence-corrected chi connectivity index (χ0v) is 30.8. The van der Waals surface area contributed by atoms with E-state index in [2.05, 4.69) is 21.0 Å². The Morgan fingerprint density at radius 1 is 0.981 bits per heavy atom. The number of rotatable bonds is 15. The first kappa shape index (κ1) is 37.4. The molecule has 1 aromatic heterocycles. The molecule has 52 heavy (non-hydrogen) atoms. The quantitative estimate of drug-likeness (QED) is 0.0829. The van der Waals surface area contributed by atoms with Crippen LogP contribution in [0.4, 0.5) is 0 Å². The molecule has 5 aromatic rings. The number of nitrogens with one attached hydrogen (secondary N) is 3. The third-order valence-electron chi connectivity index (χ3n) is 9.22. The van der Waals surface area contributed by atoms with E-state index in [1.807, 2.05) is 53.2 Å². The molecule has 4 aromatic carbocycles. The molecule has 2 atom stereocenters. The zero-order valence-electron chi connectivity index (χ0n) is 28.5. The van der Waals surface area contributed by atoms with Gasteiger partial charge in [-0.3, -0.25) is 19.6 Å². The van der Waals surface area contributed by atoms with Crippen molar-refractivity contribution in [1.29, 1.82) is 0 Å². The summed E-state index contributed by atoms with van der Waals surface area (Å²) in [5.41, 5.74) is 6.36. The zero-order chi connectivity index (χ0) is 36.9. The van der Waals surface area contributed by atoms with Gasteiger partial charge >= 0.3 is 5.97 Å². The molecule has 5 N–H and O–H groups in total. The molecule has 1 aliphatic rings. The average Bonchev–Trinajstić information content (AvgIpc) is 3.75. The van der Waals surface area contributed by atoms with Crippen molar-refractivity contribution >= 4 is 57.6 Å². The van der Waals surface area contributed by atoms with E-state index in [9.17, 15) is 19.8 Å². The van der Waals surface area contributed by atoms with E-state index in [0.29, 0.717) is 52.4 Å². The molecule has 2 heterocycles. The fourth-order valence-electron chi connectivity index (χ4n) is 6.46. The highest BCUT2D eigenvalue weighted by Crippen LogP contribution is 2.43. The molecule has 0 unspecified atom stereocenters. The maximum atomic E-state index is 11.5. The van der Waals surface area contributed by atoms with Gasteiger partial charge in [-0.25, -0.2) is 0 Å². The van der Waals surface area contributed by atoms with Gasteiger partial charge in [-0.1, -0.05) is 65.1 Å². The molecular formula is C38H38Cl3N5O6. The van der Waals surface area contributed by atoms with Gasteiger partial charge in [0, 0.05) is 75.3 Å². The number of carboxylic acids is 1. The second kappa shape index (κ2) is 16.5. The molecule has 0 spiro atoms. The van der Waals surface area contributed by atoms with E-state index < -0.39 is 18.6 Å². The summed E-state index contributed by atoms with van der Waals surface area (Å²) < 4.78 is 13.2. The van der Waals surface area contributed by atoms with E-state index in [-0.39, 0.29) is 18.5 Å². The summed E-state index contributed by atoms with van der Waals surface area (Å²) in [7, 11) is 3.16. The molecule has 1 amide bonds. The van der Waals surface area contributed by atoms with E-state index in [4.69, 9.17) is 44.3 Å². The molecule has 0 bridgehead atoms. The highest BCUT2D eigenvalue weighted by Gasteiger charge is 2.22. The molecule has 1 saturated heterocycles. The normalized spacial score (nSPS) is 14.8. The summed E-state index contributed by atoms with van der Waals surface area (Å²) >= 11 is 20.8. The standard InChI is InChI=1S/C38H38Cl3N5O6/c1-51-33-13-21(6-7-22(33)15-42-17-25-8-11-35(48)45-25)26-4-3-5-27(37(26)41)36-28-18-44-46(32(28)10-9-29(36)39)19-24-14-34(52-2)23(12-30(24)40)16-43-31(20-47)38(49)50/h3-7,9-10,12-14,18,25,31,42-43,47H,8,11,15-17,19-20H2,1-2H3,(H,45,48)(H,49,50)/t25-,31-/m0/s1. The van der Waals surface area contributed by atoms with Gasteiger partial charge in [0.1, 0.15) is 17.5 Å². The lowest BCUT2D eigenvalue weighted by Gasteiger charge is -2.17. The minimum absolute atomic E-state index is 0.0944. The monoisotopic (exact) mass is 765 g/mol. The molecule has 0 saturated carbocycles. The lowest BCUT2D eigenvalue weighted by Crippen LogP contribution is -2.39. The smallest absolute Gasteiger partial charge is 0.323 e. The molecule has 6 rings (SSSR count). The largest absolute Gasteiger partial charge is 0.496 e. The number of carbonyl (C=O) groups excluding carboxylic acids is 1. The Hall–Kier alpha value is -4.36. The lowest BCUT2D eigenvalue weighted by atomic mass is 9.96. The highest BCUT2D eigenvalue weighted by molar-refractivity contribution is 6.39. The summed E-state index contributed by atoms with van der Waals surface area (Å²) in [4.78, 5) is 22.9. The number of hydrogen-bond donors (Lipinski definition) is 5. The van der Waals surface area contributed by atoms with Gasteiger partial charge in [0.05, 0.1) is 44.1 Å². The number of nitrogens with zero attached hydrogens (tertiary/aromatic N) is 2. The first-order valence-electron chi connectivity index (χ1n) is 16.6. The molecule has 272 valence electrons. The third kappa shape index (κ3) is 8.00. The van der Waals surface area contributed by atoms with Gasteiger partial charge in [-0.05, 0) is 47.9 Å². The van der Waals surface area contributed by atoms with Crippen LogP contribution in [0.3, 0.4) is 0 Å². The predicted octanol–water partition coefficient (Wildman–Crippen LogP) is 6.30. The number of aliphatic hydroxyl groups excluding tert-OH is 1. The van der Waals surface area contributed by atoms with E-state index in [1.165, 1.54) is 7.11 Å². The lowest BCUT2D eigenvalue weighted by molar-refractivity contribution is -0.140. The van der Waals surface area contributed by atoms with Crippen LogP contribution in [0.5, 0.6) is 11.5 Å². The highest BCUT2D eigenvalue weighted by atomic mass is 35.5. The van der Waals surface area contributed by atoms with Crippen molar-refractivity contribution in [2.75, 3.05) is 27.4 Å². The predicted molar refractivity (Wildman–Crippen MR) is 203 cm³/mol. The van der Waals surface area contributed by atoms with Crippen LogP contribution in [-0.2, 0) is 29.2 Å². The van der Waals surface area contributed by atoms with Gasteiger partial charge in [0.25, 0.3) is 0 Å². The molecule has 0 radical (unpaired) electrons. The number of methoxy groups -OCH3 is 2. The number of aliphatic carboxylic acids is 1. The Bertz CT molecular complexity index is 2120. The van der Waals surface area contributed by atoms with Crippen molar-refractivity contribution in [3.05, 3.63) is 98.6 Å². The Morgan fingerprint density at radius 2 is 1.75 bits per heavy atom. The van der Waals surface area contributed by atoms with E-state index >= 15 is 0 Å². The summed E-state index contributed by atoms with van der Waals surface area (Å²) in [6.07, 6.45) is 3.15. The molecule has 14 heteroatoms. The number of aromatic nitrogens is 2. The summed E-state index contributed by atoms with van der Waals surface area (Å²) in [6.45, 7) is 1.15. The van der Waals surface area contributed by atoms with Gasteiger partial charge in [0.15, 0.2) is 0 Å². The minimum Gasteiger partial charge on any atom is -0.496 e. The Labute approximate surface area is 315 Å². The van der Waals surface area contributed by atoms with Crippen molar-refractivity contribution in [1.82, 2.24) is 25.7 Å². The first-order chi connectivity index (χ1) is 25.1. The molecular weight excluding hydrogens is 729 g/mol.